The molecule has 1 atom stereocenters. The van der Waals surface area contributed by atoms with Crippen molar-refractivity contribution in [2.45, 2.75) is 38.8 Å². The molecule has 2 aromatic rings. The highest BCUT2D eigenvalue weighted by Crippen LogP contribution is 2.34. The molecule has 1 aromatic carbocycles. The van der Waals surface area contributed by atoms with Crippen molar-refractivity contribution in [2.75, 3.05) is 6.54 Å². The summed E-state index contributed by atoms with van der Waals surface area (Å²) in [5.74, 6) is 0. The number of aromatic nitrogens is 1. The van der Waals surface area contributed by atoms with E-state index >= 15 is 0 Å². The monoisotopic (exact) mass is 228 g/mol. The summed E-state index contributed by atoms with van der Waals surface area (Å²) in [4.78, 5) is 5.88. The van der Waals surface area contributed by atoms with Crippen molar-refractivity contribution in [3.63, 3.8) is 0 Å². The van der Waals surface area contributed by atoms with Crippen LogP contribution in [0.25, 0.3) is 10.9 Å². The van der Waals surface area contributed by atoms with Gasteiger partial charge in [-0.05, 0) is 62.4 Å². The second kappa shape index (κ2) is 4.19. The van der Waals surface area contributed by atoms with Crippen molar-refractivity contribution in [1.29, 1.82) is 0 Å². The average Bonchev–Trinajstić information content (AvgIpc) is 2.96. The average molecular weight is 228 g/mol. The Bertz CT molecular complexity index is 512. The minimum atomic E-state index is 0.620. The van der Waals surface area contributed by atoms with Crippen LogP contribution in [0.5, 0.6) is 0 Å². The van der Waals surface area contributed by atoms with Gasteiger partial charge in [0.25, 0.3) is 0 Å². The summed E-state index contributed by atoms with van der Waals surface area (Å²) >= 11 is 0. The molecule has 2 heterocycles. The summed E-state index contributed by atoms with van der Waals surface area (Å²) in [7, 11) is 0. The zero-order valence-corrected chi connectivity index (χ0v) is 10.6. The number of aromatic amines is 1. The van der Waals surface area contributed by atoms with Crippen LogP contribution in [0.4, 0.5) is 0 Å². The van der Waals surface area contributed by atoms with Gasteiger partial charge in [0, 0.05) is 23.8 Å². The Kier molecular flexibility index (Phi) is 2.67. The van der Waals surface area contributed by atoms with E-state index in [-0.39, 0.29) is 0 Å². The van der Waals surface area contributed by atoms with Crippen molar-refractivity contribution >= 4 is 10.9 Å². The number of nitrogens with one attached hydrogen (secondary N) is 1. The summed E-state index contributed by atoms with van der Waals surface area (Å²) in [5.41, 5.74) is 2.71. The molecule has 1 saturated heterocycles. The van der Waals surface area contributed by atoms with E-state index in [0.29, 0.717) is 12.1 Å². The van der Waals surface area contributed by atoms with Gasteiger partial charge in [0.15, 0.2) is 0 Å². The van der Waals surface area contributed by atoms with Gasteiger partial charge in [0.2, 0.25) is 0 Å². The van der Waals surface area contributed by atoms with Crippen LogP contribution in [0.15, 0.2) is 30.5 Å². The quantitative estimate of drug-likeness (QED) is 0.830. The van der Waals surface area contributed by atoms with Crippen molar-refractivity contribution in [3.05, 3.63) is 36.0 Å². The van der Waals surface area contributed by atoms with Crippen LogP contribution in [0.2, 0.25) is 0 Å². The minimum absolute atomic E-state index is 0.620. The number of rotatable bonds is 2. The third-order valence-corrected chi connectivity index (χ3v) is 3.92. The first-order chi connectivity index (χ1) is 8.25. The summed E-state index contributed by atoms with van der Waals surface area (Å²) in [6.07, 6.45) is 4.64. The molecule has 1 aromatic heterocycles. The van der Waals surface area contributed by atoms with Crippen molar-refractivity contribution in [3.8, 4) is 0 Å². The second-order valence-corrected chi connectivity index (χ2v) is 5.31. The first kappa shape index (κ1) is 10.8. The van der Waals surface area contributed by atoms with Crippen LogP contribution in [0.1, 0.15) is 38.3 Å². The van der Waals surface area contributed by atoms with Gasteiger partial charge < -0.3 is 4.98 Å². The van der Waals surface area contributed by atoms with E-state index in [9.17, 15) is 0 Å². The number of hydrogen-bond acceptors (Lipinski definition) is 1. The molecule has 1 fully saturated rings. The van der Waals surface area contributed by atoms with Crippen LogP contribution in [0, 0.1) is 0 Å². The second-order valence-electron chi connectivity index (χ2n) is 5.31. The fourth-order valence-corrected chi connectivity index (χ4v) is 3.04. The number of H-pyrrole nitrogens is 1. The summed E-state index contributed by atoms with van der Waals surface area (Å²) < 4.78 is 0. The molecule has 3 rings (SSSR count). The third-order valence-electron chi connectivity index (χ3n) is 3.92. The zero-order chi connectivity index (χ0) is 11.8. The molecule has 0 unspecified atom stereocenters. The fraction of sp³-hybridized carbons (Fsp3) is 0.467. The molecular formula is C15H20N2. The van der Waals surface area contributed by atoms with Crippen LogP contribution in [0.3, 0.4) is 0 Å². The summed E-state index contributed by atoms with van der Waals surface area (Å²) in [6.45, 7) is 5.84. The minimum Gasteiger partial charge on any atom is -0.361 e. The molecule has 2 nitrogen and oxygen atoms in total. The molecule has 1 aliphatic rings. The Morgan fingerprint density at radius 3 is 3.00 bits per heavy atom. The van der Waals surface area contributed by atoms with Gasteiger partial charge in [0.05, 0.1) is 0 Å². The smallest absolute Gasteiger partial charge is 0.0454 e. The third kappa shape index (κ3) is 1.87. The molecule has 17 heavy (non-hydrogen) atoms. The first-order valence-corrected chi connectivity index (χ1v) is 6.58. The van der Waals surface area contributed by atoms with Gasteiger partial charge in [0.1, 0.15) is 0 Å². The molecule has 0 bridgehead atoms. The van der Waals surface area contributed by atoms with Crippen molar-refractivity contribution < 1.29 is 0 Å². The van der Waals surface area contributed by atoms with Gasteiger partial charge in [-0.3, -0.25) is 4.90 Å². The van der Waals surface area contributed by atoms with Crippen LogP contribution < -0.4 is 0 Å². The van der Waals surface area contributed by atoms with Gasteiger partial charge in [-0.1, -0.05) is 6.07 Å². The van der Waals surface area contributed by atoms with E-state index in [1.54, 1.807) is 0 Å². The Morgan fingerprint density at radius 1 is 1.29 bits per heavy atom. The fourth-order valence-electron chi connectivity index (χ4n) is 3.04. The number of hydrogen-bond donors (Lipinski definition) is 1. The molecule has 0 aliphatic carbocycles. The molecular weight excluding hydrogens is 208 g/mol. The normalized spacial score (nSPS) is 21.7. The maximum Gasteiger partial charge on any atom is 0.0454 e. The predicted octanol–water partition coefficient (Wildman–Crippen LogP) is 3.71. The largest absolute Gasteiger partial charge is 0.361 e. The Hall–Kier alpha value is -1.28. The molecule has 0 spiro atoms. The lowest BCUT2D eigenvalue weighted by molar-refractivity contribution is 0.205. The Morgan fingerprint density at radius 2 is 2.18 bits per heavy atom. The highest BCUT2D eigenvalue weighted by atomic mass is 15.2. The number of fused-ring (bicyclic) bond motifs is 1. The van der Waals surface area contributed by atoms with Gasteiger partial charge in [-0.15, -0.1) is 0 Å². The van der Waals surface area contributed by atoms with E-state index in [2.05, 4.69) is 48.0 Å². The van der Waals surface area contributed by atoms with E-state index in [4.69, 9.17) is 0 Å². The maximum atomic E-state index is 3.26. The molecule has 0 radical (unpaired) electrons. The van der Waals surface area contributed by atoms with Gasteiger partial charge in [-0.2, -0.15) is 0 Å². The number of nitrogens with zero attached hydrogens (tertiary/aromatic N) is 1. The maximum absolute atomic E-state index is 3.26. The molecule has 1 aliphatic heterocycles. The van der Waals surface area contributed by atoms with Crippen LogP contribution in [-0.2, 0) is 0 Å². The lowest BCUT2D eigenvalue weighted by Gasteiger charge is -2.28. The SMILES string of the molecule is CC(C)N1CCC[C@H]1c1ccc2[nH]ccc2c1. The van der Waals surface area contributed by atoms with E-state index in [0.717, 1.165) is 0 Å². The van der Waals surface area contributed by atoms with Crippen LogP contribution in [-0.4, -0.2) is 22.5 Å². The molecule has 2 heteroatoms. The topological polar surface area (TPSA) is 19.0 Å². The Labute approximate surface area is 103 Å². The standard InChI is InChI=1S/C15H20N2/c1-11(2)17-9-3-4-15(17)13-5-6-14-12(10-13)7-8-16-14/h5-8,10-11,15-16H,3-4,9H2,1-2H3/t15-/m0/s1. The lowest BCUT2D eigenvalue weighted by atomic mass is 10.0. The van der Waals surface area contributed by atoms with Crippen molar-refractivity contribution in [2.24, 2.45) is 0 Å². The van der Waals surface area contributed by atoms with Crippen molar-refractivity contribution in [1.82, 2.24) is 9.88 Å². The lowest BCUT2D eigenvalue weighted by Crippen LogP contribution is -2.30. The molecule has 90 valence electrons. The molecule has 0 saturated carbocycles. The van der Waals surface area contributed by atoms with Gasteiger partial charge >= 0.3 is 0 Å². The van der Waals surface area contributed by atoms with E-state index in [1.807, 2.05) is 6.20 Å². The summed E-state index contributed by atoms with van der Waals surface area (Å²) in [6, 6.07) is 10.3. The van der Waals surface area contributed by atoms with E-state index in [1.165, 1.54) is 35.9 Å². The summed E-state index contributed by atoms with van der Waals surface area (Å²) in [5, 5.41) is 1.33. The molecule has 0 amide bonds. The highest BCUT2D eigenvalue weighted by molar-refractivity contribution is 5.80. The number of likely N-dealkylation sites (tertiary alicyclic amines) is 1. The molecule has 1 N–H and O–H groups in total. The first-order valence-electron chi connectivity index (χ1n) is 6.58. The number of benzene rings is 1. The predicted molar refractivity (Wildman–Crippen MR) is 72.1 cm³/mol. The highest BCUT2D eigenvalue weighted by Gasteiger charge is 2.27. The zero-order valence-electron chi connectivity index (χ0n) is 10.6. The Balaban J connectivity index is 1.96. The van der Waals surface area contributed by atoms with Gasteiger partial charge in [-0.25, -0.2) is 0 Å². The van der Waals surface area contributed by atoms with E-state index < -0.39 is 0 Å². The van der Waals surface area contributed by atoms with Crippen LogP contribution >= 0.6 is 0 Å².